The maximum atomic E-state index is 13.9. The number of anilines is 2. The summed E-state index contributed by atoms with van der Waals surface area (Å²) in [5, 5.41) is 14.1. The van der Waals surface area contributed by atoms with Gasteiger partial charge in [0, 0.05) is 23.6 Å². The van der Waals surface area contributed by atoms with Gasteiger partial charge in [-0.05, 0) is 49.0 Å². The highest BCUT2D eigenvalue weighted by atomic mass is 19.1. The Labute approximate surface area is 165 Å². The third-order valence-electron chi connectivity index (χ3n) is 4.53. The Morgan fingerprint density at radius 2 is 1.93 bits per heavy atom. The molecule has 0 atom stereocenters. The van der Waals surface area contributed by atoms with Gasteiger partial charge in [0.25, 0.3) is 0 Å². The summed E-state index contributed by atoms with van der Waals surface area (Å²) in [4.78, 5) is 4.43. The number of halogens is 2. The summed E-state index contributed by atoms with van der Waals surface area (Å²) in [5.41, 5.74) is 3.35. The molecule has 3 N–H and O–H groups in total. The van der Waals surface area contributed by atoms with E-state index < -0.39 is 11.6 Å². The minimum Gasteiger partial charge on any atom is -0.496 e. The van der Waals surface area contributed by atoms with Crippen LogP contribution in [0.15, 0.2) is 48.5 Å². The number of methoxy groups -OCH3 is 1. The van der Waals surface area contributed by atoms with Crippen LogP contribution in [-0.2, 0) is 6.54 Å². The van der Waals surface area contributed by atoms with Crippen LogP contribution in [0.2, 0.25) is 0 Å². The number of ether oxygens (including phenoxy) is 1. The van der Waals surface area contributed by atoms with Gasteiger partial charge < -0.3 is 15.4 Å². The van der Waals surface area contributed by atoms with E-state index in [1.54, 1.807) is 13.2 Å². The second-order valence-electron chi connectivity index (χ2n) is 6.48. The zero-order chi connectivity index (χ0) is 20.4. The Morgan fingerprint density at radius 1 is 1.07 bits per heavy atom. The summed E-state index contributed by atoms with van der Waals surface area (Å²) >= 11 is 0. The lowest BCUT2D eigenvalue weighted by Crippen LogP contribution is -2.05. The van der Waals surface area contributed by atoms with Crippen molar-refractivity contribution in [3.05, 3.63) is 65.7 Å². The first-order valence-corrected chi connectivity index (χ1v) is 8.98. The Bertz CT molecular complexity index is 1180. The van der Waals surface area contributed by atoms with E-state index in [2.05, 4.69) is 25.8 Å². The van der Waals surface area contributed by atoms with E-state index in [1.165, 1.54) is 12.1 Å². The summed E-state index contributed by atoms with van der Waals surface area (Å²) in [6.07, 6.45) is 0. The second kappa shape index (κ2) is 7.84. The fourth-order valence-electron chi connectivity index (χ4n) is 3.17. The molecular formula is C21H19F2N5O. The highest BCUT2D eigenvalue weighted by molar-refractivity contribution is 5.93. The van der Waals surface area contributed by atoms with Crippen molar-refractivity contribution in [2.75, 3.05) is 19.5 Å². The van der Waals surface area contributed by atoms with Crippen molar-refractivity contribution < 1.29 is 13.5 Å². The maximum Gasteiger partial charge on any atom is 0.183 e. The van der Waals surface area contributed by atoms with Gasteiger partial charge in [-0.3, -0.25) is 5.10 Å². The molecular weight excluding hydrogens is 376 g/mol. The largest absolute Gasteiger partial charge is 0.496 e. The number of aromatic amines is 1. The van der Waals surface area contributed by atoms with E-state index in [0.717, 1.165) is 34.8 Å². The van der Waals surface area contributed by atoms with Gasteiger partial charge in [-0.15, -0.1) is 0 Å². The van der Waals surface area contributed by atoms with Gasteiger partial charge in [0.2, 0.25) is 0 Å². The van der Waals surface area contributed by atoms with E-state index in [4.69, 9.17) is 4.74 Å². The van der Waals surface area contributed by atoms with Gasteiger partial charge in [-0.1, -0.05) is 6.07 Å². The summed E-state index contributed by atoms with van der Waals surface area (Å²) in [6.45, 7) is 0.721. The molecule has 4 rings (SSSR count). The molecule has 2 aromatic carbocycles. The average molecular weight is 395 g/mol. The number of nitrogens with one attached hydrogen (secondary N) is 3. The summed E-state index contributed by atoms with van der Waals surface area (Å²) in [7, 11) is 3.50. The molecule has 0 bridgehead atoms. The van der Waals surface area contributed by atoms with E-state index >= 15 is 0 Å². The molecule has 0 amide bonds. The Morgan fingerprint density at radius 3 is 2.69 bits per heavy atom. The number of aromatic nitrogens is 3. The quantitative estimate of drug-likeness (QED) is 0.452. The first kappa shape index (κ1) is 18.8. The highest BCUT2D eigenvalue weighted by Crippen LogP contribution is 2.34. The molecule has 0 aliphatic heterocycles. The third kappa shape index (κ3) is 3.74. The first-order valence-electron chi connectivity index (χ1n) is 8.98. The fourth-order valence-corrected chi connectivity index (χ4v) is 3.17. The molecule has 29 heavy (non-hydrogen) atoms. The molecule has 0 fully saturated rings. The Hall–Kier alpha value is -3.52. The number of pyridine rings is 1. The van der Waals surface area contributed by atoms with Gasteiger partial charge in [0.1, 0.15) is 23.2 Å². The van der Waals surface area contributed by atoms with Crippen LogP contribution in [0.4, 0.5) is 20.3 Å². The molecule has 0 radical (unpaired) electrons. The van der Waals surface area contributed by atoms with Gasteiger partial charge in [-0.2, -0.15) is 5.10 Å². The smallest absolute Gasteiger partial charge is 0.183 e. The maximum absolute atomic E-state index is 13.9. The minimum atomic E-state index is -0.694. The predicted molar refractivity (Wildman–Crippen MR) is 108 cm³/mol. The zero-order valence-electron chi connectivity index (χ0n) is 15.9. The van der Waals surface area contributed by atoms with Crippen LogP contribution in [0.1, 0.15) is 5.56 Å². The molecule has 0 saturated heterocycles. The normalized spacial score (nSPS) is 11.0. The third-order valence-corrected chi connectivity index (χ3v) is 4.53. The Kier molecular flexibility index (Phi) is 5.09. The Balaban J connectivity index is 1.71. The SMILES string of the molecule is CNCc1ccc(OC)c(-c2[nH]nc3nc(Nc4ccc(F)cc4F)ccc23)c1. The number of fused-ring (bicyclic) bond motifs is 1. The van der Waals surface area contributed by atoms with Gasteiger partial charge in [-0.25, -0.2) is 13.8 Å². The van der Waals surface area contributed by atoms with Crippen molar-refractivity contribution in [3.63, 3.8) is 0 Å². The lowest BCUT2D eigenvalue weighted by Gasteiger charge is -2.10. The molecule has 0 spiro atoms. The van der Waals surface area contributed by atoms with Crippen LogP contribution in [0.5, 0.6) is 5.75 Å². The molecule has 148 valence electrons. The van der Waals surface area contributed by atoms with Crippen LogP contribution in [-0.4, -0.2) is 29.3 Å². The van der Waals surface area contributed by atoms with Crippen molar-refractivity contribution in [2.24, 2.45) is 0 Å². The van der Waals surface area contributed by atoms with Crippen LogP contribution < -0.4 is 15.4 Å². The average Bonchev–Trinajstić information content (AvgIpc) is 3.13. The van der Waals surface area contributed by atoms with Gasteiger partial charge >= 0.3 is 0 Å². The number of nitrogens with zero attached hydrogens (tertiary/aromatic N) is 2. The van der Waals surface area contributed by atoms with Crippen LogP contribution in [0, 0.1) is 11.6 Å². The van der Waals surface area contributed by atoms with E-state index in [0.29, 0.717) is 17.2 Å². The van der Waals surface area contributed by atoms with E-state index in [1.807, 2.05) is 31.3 Å². The molecule has 6 nitrogen and oxygen atoms in total. The van der Waals surface area contributed by atoms with Crippen molar-refractivity contribution in [2.45, 2.75) is 6.54 Å². The molecule has 0 saturated carbocycles. The number of hydrogen-bond donors (Lipinski definition) is 3. The standard InChI is InChI=1S/C21H19F2N5O/c1-24-11-12-3-7-18(29-2)15(9-12)20-14-5-8-19(26-21(14)28-27-20)25-17-6-4-13(22)10-16(17)23/h3-10,24H,11H2,1-2H3,(H2,25,26,27,28). The summed E-state index contributed by atoms with van der Waals surface area (Å²) in [6, 6.07) is 12.8. The van der Waals surface area contributed by atoms with E-state index in [-0.39, 0.29) is 5.69 Å². The van der Waals surface area contributed by atoms with Crippen LogP contribution in [0.3, 0.4) is 0 Å². The topological polar surface area (TPSA) is 74.9 Å². The molecule has 2 heterocycles. The van der Waals surface area contributed by atoms with E-state index in [9.17, 15) is 8.78 Å². The summed E-state index contributed by atoms with van der Waals surface area (Å²) in [5.74, 6) is -0.216. The first-order chi connectivity index (χ1) is 14.1. The molecule has 2 aromatic heterocycles. The predicted octanol–water partition coefficient (Wildman–Crippen LogP) is 4.37. The van der Waals surface area contributed by atoms with Crippen molar-refractivity contribution in [1.82, 2.24) is 20.5 Å². The highest BCUT2D eigenvalue weighted by Gasteiger charge is 2.15. The fraction of sp³-hybridized carbons (Fsp3) is 0.143. The zero-order valence-corrected chi connectivity index (χ0v) is 15.9. The van der Waals surface area contributed by atoms with Crippen LogP contribution >= 0.6 is 0 Å². The molecule has 0 aliphatic carbocycles. The molecule has 0 unspecified atom stereocenters. The molecule has 4 aromatic rings. The monoisotopic (exact) mass is 395 g/mol. The van der Waals surface area contributed by atoms with Crippen LogP contribution in [0.25, 0.3) is 22.3 Å². The van der Waals surface area contributed by atoms with Crippen molar-refractivity contribution >= 4 is 22.5 Å². The minimum absolute atomic E-state index is 0.135. The number of benzene rings is 2. The molecule has 8 heteroatoms. The van der Waals surface area contributed by atoms with Crippen molar-refractivity contribution in [3.8, 4) is 17.0 Å². The number of rotatable bonds is 6. The lowest BCUT2D eigenvalue weighted by atomic mass is 10.0. The van der Waals surface area contributed by atoms with Gasteiger partial charge in [0.05, 0.1) is 18.5 Å². The van der Waals surface area contributed by atoms with Gasteiger partial charge in [0.15, 0.2) is 5.65 Å². The molecule has 0 aliphatic rings. The lowest BCUT2D eigenvalue weighted by molar-refractivity contribution is 0.416. The number of hydrogen-bond acceptors (Lipinski definition) is 5. The second-order valence-corrected chi connectivity index (χ2v) is 6.48. The summed E-state index contributed by atoms with van der Waals surface area (Å²) < 4.78 is 32.5. The van der Waals surface area contributed by atoms with Crippen molar-refractivity contribution in [1.29, 1.82) is 0 Å². The number of H-pyrrole nitrogens is 1.